The molecule has 0 bridgehead atoms. The zero-order valence-corrected chi connectivity index (χ0v) is 14.9. The second kappa shape index (κ2) is 7.07. The lowest BCUT2D eigenvalue weighted by Crippen LogP contribution is -2.47. The summed E-state index contributed by atoms with van der Waals surface area (Å²) in [7, 11) is 0. The molecule has 116 valence electrons. The summed E-state index contributed by atoms with van der Waals surface area (Å²) in [6.07, 6.45) is 0. The van der Waals surface area contributed by atoms with Crippen LogP contribution in [0.5, 0.6) is 0 Å². The largest absolute Gasteiger partial charge is 0.350 e. The van der Waals surface area contributed by atoms with Crippen LogP contribution in [-0.4, -0.2) is 35.3 Å². The van der Waals surface area contributed by atoms with Crippen molar-refractivity contribution in [3.63, 3.8) is 0 Å². The fourth-order valence-corrected chi connectivity index (χ4v) is 2.59. The van der Waals surface area contributed by atoms with Crippen LogP contribution in [-0.2, 0) is 4.79 Å². The normalized spacial score (nSPS) is 11.1. The average molecular weight is 355 g/mol. The Labute approximate surface area is 135 Å². The lowest BCUT2D eigenvalue weighted by molar-refractivity contribution is -0.123. The quantitative estimate of drug-likeness (QED) is 0.902. The zero-order valence-electron chi connectivity index (χ0n) is 13.3. The van der Waals surface area contributed by atoms with Crippen LogP contribution in [0.15, 0.2) is 22.7 Å². The summed E-state index contributed by atoms with van der Waals surface area (Å²) in [6, 6.07) is 5.57. The Morgan fingerprint density at radius 2 is 1.90 bits per heavy atom. The van der Waals surface area contributed by atoms with Gasteiger partial charge in [0.2, 0.25) is 5.91 Å². The zero-order chi connectivity index (χ0) is 16.2. The molecule has 0 heterocycles. The second-order valence-corrected chi connectivity index (χ2v) is 6.96. The van der Waals surface area contributed by atoms with Crippen LogP contribution in [0.1, 0.15) is 43.6 Å². The van der Waals surface area contributed by atoms with E-state index >= 15 is 0 Å². The molecule has 0 unspecified atom stereocenters. The molecule has 21 heavy (non-hydrogen) atoms. The molecule has 0 spiro atoms. The Balaban J connectivity index is 2.84. The molecule has 0 radical (unpaired) electrons. The van der Waals surface area contributed by atoms with Gasteiger partial charge >= 0.3 is 0 Å². The van der Waals surface area contributed by atoms with Crippen molar-refractivity contribution in [1.29, 1.82) is 0 Å². The number of aryl methyl sites for hydroxylation is 1. The first kappa shape index (κ1) is 17.7. The minimum Gasteiger partial charge on any atom is -0.350 e. The van der Waals surface area contributed by atoms with Gasteiger partial charge in [-0.05, 0) is 68.2 Å². The lowest BCUT2D eigenvalue weighted by Gasteiger charge is -2.25. The summed E-state index contributed by atoms with van der Waals surface area (Å²) in [5, 5.41) is 2.87. The molecule has 0 atom stereocenters. The third-order valence-electron chi connectivity index (χ3n) is 2.87. The van der Waals surface area contributed by atoms with Gasteiger partial charge in [-0.2, -0.15) is 0 Å². The maximum absolute atomic E-state index is 12.5. The molecular formula is C16H23BrN2O2. The third-order valence-corrected chi connectivity index (χ3v) is 3.53. The van der Waals surface area contributed by atoms with Crippen LogP contribution < -0.4 is 5.32 Å². The number of nitrogens with one attached hydrogen (secondary N) is 1. The number of carbonyl (C=O) groups is 2. The topological polar surface area (TPSA) is 49.4 Å². The Kier molecular flexibility index (Phi) is 5.96. The number of nitrogens with zero attached hydrogens (tertiary/aromatic N) is 1. The van der Waals surface area contributed by atoms with Gasteiger partial charge in [0.15, 0.2) is 0 Å². The highest BCUT2D eigenvalue weighted by Crippen LogP contribution is 2.20. The number of rotatable bonds is 4. The van der Waals surface area contributed by atoms with Crippen molar-refractivity contribution in [3.8, 4) is 0 Å². The molecule has 1 aromatic rings. The number of carbonyl (C=O) groups excluding carboxylic acids is 2. The second-order valence-electron chi connectivity index (χ2n) is 6.10. The molecule has 4 nitrogen and oxygen atoms in total. The predicted molar refractivity (Wildman–Crippen MR) is 88.4 cm³/mol. The molecule has 0 aromatic heterocycles. The van der Waals surface area contributed by atoms with E-state index in [0.717, 1.165) is 10.0 Å². The molecule has 0 aliphatic heterocycles. The van der Waals surface area contributed by atoms with Gasteiger partial charge in [0.1, 0.15) is 0 Å². The van der Waals surface area contributed by atoms with Crippen LogP contribution in [0.2, 0.25) is 0 Å². The summed E-state index contributed by atoms with van der Waals surface area (Å²) in [5.41, 5.74) is 1.35. The van der Waals surface area contributed by atoms with E-state index in [9.17, 15) is 9.59 Å². The first-order chi connectivity index (χ1) is 9.64. The maximum atomic E-state index is 12.5. The highest BCUT2D eigenvalue weighted by molar-refractivity contribution is 9.10. The summed E-state index contributed by atoms with van der Waals surface area (Å²) in [5.74, 6) is -0.297. The molecule has 0 aliphatic rings. The first-order valence-corrected chi connectivity index (χ1v) is 7.79. The minimum atomic E-state index is -0.302. The maximum Gasteiger partial charge on any atom is 0.255 e. The van der Waals surface area contributed by atoms with Crippen molar-refractivity contribution in [2.75, 3.05) is 13.1 Å². The van der Waals surface area contributed by atoms with Crippen LogP contribution in [0, 0.1) is 6.92 Å². The van der Waals surface area contributed by atoms with E-state index in [2.05, 4.69) is 21.2 Å². The average Bonchev–Trinajstić information content (AvgIpc) is 2.33. The number of hydrogen-bond donors (Lipinski definition) is 1. The smallest absolute Gasteiger partial charge is 0.255 e. The number of likely N-dealkylation sites (N-methyl/N-ethyl adjacent to an activating group) is 1. The van der Waals surface area contributed by atoms with E-state index in [1.165, 1.54) is 4.90 Å². The van der Waals surface area contributed by atoms with Crippen molar-refractivity contribution < 1.29 is 9.59 Å². The van der Waals surface area contributed by atoms with Crippen LogP contribution in [0.4, 0.5) is 0 Å². The van der Waals surface area contributed by atoms with Crippen molar-refractivity contribution in [1.82, 2.24) is 10.2 Å². The van der Waals surface area contributed by atoms with Gasteiger partial charge in [-0.3, -0.25) is 9.59 Å². The number of amides is 2. The van der Waals surface area contributed by atoms with Crippen molar-refractivity contribution in [2.45, 2.75) is 40.2 Å². The highest BCUT2D eigenvalue weighted by Gasteiger charge is 2.21. The molecule has 2 amide bonds. The van der Waals surface area contributed by atoms with E-state index in [0.29, 0.717) is 12.1 Å². The van der Waals surface area contributed by atoms with Crippen molar-refractivity contribution in [2.24, 2.45) is 0 Å². The SMILES string of the molecule is CCN(CC(=O)NC(C)(C)C)C(=O)c1ccc(C)cc1Br. The van der Waals surface area contributed by atoms with Gasteiger partial charge in [0.25, 0.3) is 5.91 Å². The van der Waals surface area contributed by atoms with Gasteiger partial charge in [-0.25, -0.2) is 0 Å². The van der Waals surface area contributed by atoms with Crippen molar-refractivity contribution >= 4 is 27.7 Å². The van der Waals surface area contributed by atoms with Gasteiger partial charge in [-0.15, -0.1) is 0 Å². The van der Waals surface area contributed by atoms with Gasteiger partial charge in [0, 0.05) is 16.6 Å². The predicted octanol–water partition coefficient (Wildman–Crippen LogP) is 3.13. The van der Waals surface area contributed by atoms with E-state index in [4.69, 9.17) is 0 Å². The Bertz CT molecular complexity index is 536. The van der Waals surface area contributed by atoms with Gasteiger partial charge in [-0.1, -0.05) is 6.07 Å². The molecular weight excluding hydrogens is 332 g/mol. The van der Waals surface area contributed by atoms with E-state index in [-0.39, 0.29) is 23.9 Å². The van der Waals surface area contributed by atoms with Crippen LogP contribution in [0.25, 0.3) is 0 Å². The fourth-order valence-electron chi connectivity index (χ4n) is 1.92. The molecule has 0 saturated carbocycles. The summed E-state index contributed by atoms with van der Waals surface area (Å²) in [6.45, 7) is 10.1. The first-order valence-electron chi connectivity index (χ1n) is 7.00. The highest BCUT2D eigenvalue weighted by atomic mass is 79.9. The molecule has 1 rings (SSSR count). The Morgan fingerprint density at radius 3 is 2.38 bits per heavy atom. The summed E-state index contributed by atoms with van der Waals surface area (Å²) in [4.78, 5) is 26.0. The lowest BCUT2D eigenvalue weighted by atomic mass is 10.1. The monoisotopic (exact) mass is 354 g/mol. The van der Waals surface area contributed by atoms with E-state index in [1.54, 1.807) is 6.07 Å². The molecule has 0 saturated heterocycles. The number of halogens is 1. The van der Waals surface area contributed by atoms with Gasteiger partial charge < -0.3 is 10.2 Å². The van der Waals surface area contributed by atoms with E-state index in [1.807, 2.05) is 46.8 Å². The minimum absolute atomic E-state index is 0.0624. The number of hydrogen-bond acceptors (Lipinski definition) is 2. The summed E-state index contributed by atoms with van der Waals surface area (Å²) < 4.78 is 0.752. The fraction of sp³-hybridized carbons (Fsp3) is 0.500. The molecule has 5 heteroatoms. The molecule has 0 aliphatic carbocycles. The molecule has 1 aromatic carbocycles. The standard InChI is InChI=1S/C16H23BrN2O2/c1-6-19(10-14(20)18-16(3,4)5)15(21)12-8-7-11(2)9-13(12)17/h7-9H,6,10H2,1-5H3,(H,18,20). The van der Waals surface area contributed by atoms with Crippen molar-refractivity contribution in [3.05, 3.63) is 33.8 Å². The number of benzene rings is 1. The van der Waals surface area contributed by atoms with Crippen LogP contribution in [0.3, 0.4) is 0 Å². The third kappa shape index (κ3) is 5.50. The van der Waals surface area contributed by atoms with E-state index < -0.39 is 0 Å². The molecule has 1 N–H and O–H groups in total. The Hall–Kier alpha value is -1.36. The molecule has 0 fully saturated rings. The summed E-state index contributed by atoms with van der Waals surface area (Å²) >= 11 is 3.41. The van der Waals surface area contributed by atoms with Crippen LogP contribution >= 0.6 is 15.9 Å². The Morgan fingerprint density at radius 1 is 1.29 bits per heavy atom. The van der Waals surface area contributed by atoms with Gasteiger partial charge in [0.05, 0.1) is 12.1 Å².